The summed E-state index contributed by atoms with van der Waals surface area (Å²) in [6, 6.07) is 8.98. The zero-order valence-electron chi connectivity index (χ0n) is 21.9. The predicted molar refractivity (Wildman–Crippen MR) is 138 cm³/mol. The van der Waals surface area contributed by atoms with E-state index < -0.39 is 52.4 Å². The van der Waals surface area contributed by atoms with Crippen LogP contribution in [0.15, 0.2) is 59.8 Å². The van der Waals surface area contributed by atoms with Crippen molar-refractivity contribution in [2.45, 2.75) is 69.4 Å². The summed E-state index contributed by atoms with van der Waals surface area (Å²) >= 11 is 0. The fourth-order valence-corrected chi connectivity index (χ4v) is 6.14. The Labute approximate surface area is 224 Å². The van der Waals surface area contributed by atoms with Crippen LogP contribution in [0.3, 0.4) is 0 Å². The van der Waals surface area contributed by atoms with E-state index in [1.165, 1.54) is 24.5 Å². The van der Waals surface area contributed by atoms with Crippen LogP contribution in [-0.2, 0) is 24.3 Å². The molecule has 3 aromatic rings. The second kappa shape index (κ2) is 10.9. The molecular formula is C26H30F2N4O6S. The van der Waals surface area contributed by atoms with Crippen LogP contribution in [0.2, 0.25) is 0 Å². The molecule has 3 atom stereocenters. The quantitative estimate of drug-likeness (QED) is 0.459. The SMILES string of the molecule is C[C@@H](NC(=O)[C@@H]1C[C@@H](OC(F)F)CN1C(=O)OC(C)(C)C)c1cc2cnccc2n1S(=O)(=O)c1ccccc1. The minimum absolute atomic E-state index is 0.0537. The van der Waals surface area contributed by atoms with Crippen molar-refractivity contribution in [2.24, 2.45) is 0 Å². The largest absolute Gasteiger partial charge is 0.444 e. The van der Waals surface area contributed by atoms with E-state index in [0.29, 0.717) is 10.9 Å². The van der Waals surface area contributed by atoms with Crippen LogP contribution < -0.4 is 5.32 Å². The number of pyridine rings is 1. The van der Waals surface area contributed by atoms with Crippen LogP contribution >= 0.6 is 0 Å². The van der Waals surface area contributed by atoms with Gasteiger partial charge in [0.25, 0.3) is 10.0 Å². The lowest BCUT2D eigenvalue weighted by atomic mass is 10.1. The van der Waals surface area contributed by atoms with Crippen molar-refractivity contribution in [2.75, 3.05) is 6.54 Å². The minimum atomic E-state index is -4.07. The van der Waals surface area contributed by atoms with Crippen molar-refractivity contribution >= 4 is 32.9 Å². The van der Waals surface area contributed by atoms with Gasteiger partial charge in [0.15, 0.2) is 0 Å². The van der Waals surface area contributed by atoms with E-state index in [1.807, 2.05) is 0 Å². The number of benzene rings is 1. The van der Waals surface area contributed by atoms with Crippen molar-refractivity contribution in [3.05, 3.63) is 60.6 Å². The number of nitrogens with one attached hydrogen (secondary N) is 1. The fraction of sp³-hybridized carbons (Fsp3) is 0.423. The number of alkyl halides is 2. The second-order valence-corrected chi connectivity index (χ2v) is 12.0. The molecule has 2 aromatic heterocycles. The van der Waals surface area contributed by atoms with Gasteiger partial charge >= 0.3 is 12.7 Å². The van der Waals surface area contributed by atoms with Gasteiger partial charge in [-0.3, -0.25) is 14.7 Å². The molecule has 0 bridgehead atoms. The van der Waals surface area contributed by atoms with E-state index >= 15 is 0 Å². The van der Waals surface area contributed by atoms with E-state index in [2.05, 4.69) is 15.0 Å². The number of fused-ring (bicyclic) bond motifs is 1. The van der Waals surface area contributed by atoms with Crippen molar-refractivity contribution < 1.29 is 36.3 Å². The smallest absolute Gasteiger partial charge is 0.411 e. The summed E-state index contributed by atoms with van der Waals surface area (Å²) in [7, 11) is -4.07. The average molecular weight is 565 g/mol. The van der Waals surface area contributed by atoms with Crippen LogP contribution in [0.5, 0.6) is 0 Å². The van der Waals surface area contributed by atoms with E-state index in [9.17, 15) is 26.8 Å². The van der Waals surface area contributed by atoms with Crippen LogP contribution in [-0.4, -0.2) is 65.2 Å². The number of carbonyl (C=O) groups is 2. The highest BCUT2D eigenvalue weighted by molar-refractivity contribution is 7.90. The number of aromatic nitrogens is 2. The third-order valence-corrected chi connectivity index (χ3v) is 7.91. The van der Waals surface area contributed by atoms with Crippen LogP contribution in [0.25, 0.3) is 10.9 Å². The highest BCUT2D eigenvalue weighted by Crippen LogP contribution is 2.30. The standard InChI is InChI=1S/C26H30F2N4O6S/c1-16(30-23(33)22-13-18(37-24(27)28)15-31(22)25(34)38-26(2,3)4)21-12-17-14-29-11-10-20(17)32(21)39(35,36)19-8-6-5-7-9-19/h5-12,14,16,18,22,24H,13,15H2,1-4H3,(H,30,33)/t16-,18-,22+/m1/s1. The van der Waals surface area contributed by atoms with Crippen LogP contribution in [0.1, 0.15) is 45.9 Å². The van der Waals surface area contributed by atoms with Gasteiger partial charge in [-0.25, -0.2) is 17.2 Å². The molecule has 0 spiro atoms. The summed E-state index contributed by atoms with van der Waals surface area (Å²) in [6.07, 6.45) is 0.865. The van der Waals surface area contributed by atoms with Gasteiger partial charge in [0, 0.05) is 24.2 Å². The first-order valence-electron chi connectivity index (χ1n) is 12.3. The molecule has 0 saturated carbocycles. The monoisotopic (exact) mass is 564 g/mol. The fourth-order valence-electron chi connectivity index (χ4n) is 4.52. The molecule has 0 aliphatic carbocycles. The van der Waals surface area contributed by atoms with E-state index in [0.717, 1.165) is 8.87 Å². The van der Waals surface area contributed by atoms with Gasteiger partial charge in [0.1, 0.15) is 11.6 Å². The molecule has 4 rings (SSSR count). The van der Waals surface area contributed by atoms with Crippen molar-refractivity contribution in [3.8, 4) is 0 Å². The Morgan fingerprint density at radius 2 is 1.85 bits per heavy atom. The number of carbonyl (C=O) groups excluding carboxylic acids is 2. The molecule has 39 heavy (non-hydrogen) atoms. The number of likely N-dealkylation sites (tertiary alicyclic amines) is 1. The minimum Gasteiger partial charge on any atom is -0.444 e. The summed E-state index contributed by atoms with van der Waals surface area (Å²) < 4.78 is 64.3. The molecule has 210 valence electrons. The number of nitrogens with zero attached hydrogens (tertiary/aromatic N) is 3. The van der Waals surface area contributed by atoms with Crippen LogP contribution in [0, 0.1) is 0 Å². The van der Waals surface area contributed by atoms with Gasteiger partial charge in [-0.05, 0) is 52.0 Å². The molecule has 3 heterocycles. The Bertz CT molecular complexity index is 1460. The first kappa shape index (κ1) is 28.4. The normalized spacial score (nSPS) is 18.9. The molecule has 1 aliphatic rings. The molecule has 1 N–H and O–H groups in total. The zero-order chi connectivity index (χ0) is 28.5. The summed E-state index contributed by atoms with van der Waals surface area (Å²) in [5, 5.41) is 3.28. The lowest BCUT2D eigenvalue weighted by Crippen LogP contribution is -2.48. The lowest BCUT2D eigenvalue weighted by Gasteiger charge is -2.28. The molecule has 2 amide bonds. The molecule has 0 radical (unpaired) electrons. The third kappa shape index (κ3) is 6.19. The summed E-state index contributed by atoms with van der Waals surface area (Å²) in [4.78, 5) is 31.4. The first-order valence-corrected chi connectivity index (χ1v) is 13.7. The maximum absolute atomic E-state index is 13.7. The summed E-state index contributed by atoms with van der Waals surface area (Å²) in [5.41, 5.74) is -0.266. The van der Waals surface area contributed by atoms with Crippen molar-refractivity contribution in [1.82, 2.24) is 19.2 Å². The van der Waals surface area contributed by atoms with Gasteiger partial charge in [0.05, 0.1) is 34.8 Å². The lowest BCUT2D eigenvalue weighted by molar-refractivity contribution is -0.159. The number of ether oxygens (including phenoxy) is 2. The predicted octanol–water partition coefficient (Wildman–Crippen LogP) is 4.07. The Hall–Kier alpha value is -3.58. The van der Waals surface area contributed by atoms with E-state index in [1.54, 1.807) is 58.0 Å². The zero-order valence-corrected chi connectivity index (χ0v) is 22.7. The van der Waals surface area contributed by atoms with E-state index in [-0.39, 0.29) is 23.6 Å². The Morgan fingerprint density at radius 3 is 2.49 bits per heavy atom. The summed E-state index contributed by atoms with van der Waals surface area (Å²) in [5.74, 6) is -0.666. The highest BCUT2D eigenvalue weighted by atomic mass is 32.2. The average Bonchev–Trinajstić information content (AvgIpc) is 3.45. The van der Waals surface area contributed by atoms with Gasteiger partial charge in [-0.2, -0.15) is 8.78 Å². The number of amides is 2. The van der Waals surface area contributed by atoms with E-state index in [4.69, 9.17) is 4.74 Å². The molecule has 1 aromatic carbocycles. The Kier molecular flexibility index (Phi) is 7.94. The van der Waals surface area contributed by atoms with Gasteiger partial charge in [0.2, 0.25) is 5.91 Å². The molecule has 13 heteroatoms. The highest BCUT2D eigenvalue weighted by Gasteiger charge is 2.43. The maximum atomic E-state index is 13.7. The molecule has 1 saturated heterocycles. The maximum Gasteiger partial charge on any atom is 0.411 e. The van der Waals surface area contributed by atoms with Gasteiger partial charge in [-0.1, -0.05) is 18.2 Å². The summed E-state index contributed by atoms with van der Waals surface area (Å²) in [6.45, 7) is 3.18. The first-order chi connectivity index (χ1) is 18.3. The van der Waals surface area contributed by atoms with Crippen molar-refractivity contribution in [3.63, 3.8) is 0 Å². The van der Waals surface area contributed by atoms with Crippen LogP contribution in [0.4, 0.5) is 13.6 Å². The number of hydrogen-bond donors (Lipinski definition) is 1. The topological polar surface area (TPSA) is 120 Å². The van der Waals surface area contributed by atoms with Gasteiger partial charge in [-0.15, -0.1) is 0 Å². The molecule has 0 unspecified atom stereocenters. The molecular weight excluding hydrogens is 534 g/mol. The third-order valence-electron chi connectivity index (χ3n) is 6.16. The number of halogens is 2. The molecule has 10 nitrogen and oxygen atoms in total. The van der Waals surface area contributed by atoms with Crippen molar-refractivity contribution in [1.29, 1.82) is 0 Å². The number of rotatable bonds is 7. The molecule has 1 aliphatic heterocycles. The number of hydrogen-bond acceptors (Lipinski definition) is 7. The molecule has 1 fully saturated rings. The second-order valence-electron chi connectivity index (χ2n) is 10.2. The Morgan fingerprint density at radius 1 is 1.15 bits per heavy atom. The Balaban J connectivity index is 1.66. The van der Waals surface area contributed by atoms with Gasteiger partial charge < -0.3 is 14.8 Å².